The van der Waals surface area contributed by atoms with E-state index in [1.165, 1.54) is 48.5 Å². The van der Waals surface area contributed by atoms with E-state index >= 15 is 0 Å². The molecule has 0 bridgehead atoms. The van der Waals surface area contributed by atoms with Crippen LogP contribution in [0.3, 0.4) is 0 Å². The van der Waals surface area contributed by atoms with Crippen LogP contribution in [0.4, 0.5) is 11.4 Å². The monoisotopic (exact) mass is 656 g/mol. The number of benzene rings is 4. The quantitative estimate of drug-likeness (QED) is 0.198. The van der Waals surface area contributed by atoms with Gasteiger partial charge in [0, 0.05) is 16.9 Å². The van der Waals surface area contributed by atoms with Crippen LogP contribution in [0.15, 0.2) is 96.6 Å². The van der Waals surface area contributed by atoms with Gasteiger partial charge >= 0.3 is 11.9 Å². The minimum atomic E-state index is -1.15. The normalized spacial score (nSPS) is 26.0. The Morgan fingerprint density at radius 1 is 0.612 bits per heavy atom. The van der Waals surface area contributed by atoms with Crippen LogP contribution in [-0.4, -0.2) is 50.9 Å². The van der Waals surface area contributed by atoms with Gasteiger partial charge in [-0.15, -0.1) is 0 Å². The van der Waals surface area contributed by atoms with Gasteiger partial charge in [0.25, 0.3) is 0 Å². The number of hydrogen-bond donors (Lipinski definition) is 3. The molecule has 4 aliphatic rings. The van der Waals surface area contributed by atoms with Gasteiger partial charge in [-0.25, -0.2) is 9.59 Å². The van der Waals surface area contributed by atoms with E-state index in [4.69, 9.17) is 0 Å². The van der Waals surface area contributed by atoms with Gasteiger partial charge in [-0.1, -0.05) is 48.0 Å². The average molecular weight is 657 g/mol. The minimum absolute atomic E-state index is 0.00647. The first-order valence-electron chi connectivity index (χ1n) is 15.9. The molecular formula is C38H28N2O9. The summed E-state index contributed by atoms with van der Waals surface area (Å²) in [6.45, 7) is 0. The van der Waals surface area contributed by atoms with Crippen LogP contribution in [0.2, 0.25) is 0 Å². The molecule has 0 aromatic heterocycles. The summed E-state index contributed by atoms with van der Waals surface area (Å²) in [6.07, 6.45) is 2.20. The second-order valence-electron chi connectivity index (χ2n) is 13.0. The molecule has 244 valence electrons. The third-order valence-corrected chi connectivity index (χ3v) is 10.7. The number of fused-ring (bicyclic) bond motifs is 5. The number of amides is 4. The molecule has 1 saturated carbocycles. The van der Waals surface area contributed by atoms with Crippen LogP contribution in [0.1, 0.15) is 45.0 Å². The maximum Gasteiger partial charge on any atom is 0.335 e. The first-order chi connectivity index (χ1) is 23.6. The number of allylic oxidation sites excluding steroid dienone is 2. The predicted molar refractivity (Wildman–Crippen MR) is 175 cm³/mol. The first-order valence-corrected chi connectivity index (χ1v) is 15.9. The van der Waals surface area contributed by atoms with E-state index in [-0.39, 0.29) is 41.1 Å². The number of carbonyl (C=O) groups is 6. The average Bonchev–Trinajstić information content (AvgIpc) is 3.51. The third-order valence-electron chi connectivity index (χ3n) is 10.7. The fraction of sp³-hybridized carbons (Fsp3) is 0.211. The van der Waals surface area contributed by atoms with E-state index in [1.54, 1.807) is 18.2 Å². The zero-order valence-corrected chi connectivity index (χ0v) is 25.7. The Bertz CT molecular complexity index is 2170. The van der Waals surface area contributed by atoms with Gasteiger partial charge in [-0.2, -0.15) is 0 Å². The molecule has 3 N–H and O–H groups in total. The molecule has 11 heteroatoms. The predicted octanol–water partition coefficient (Wildman–Crippen LogP) is 4.99. The lowest BCUT2D eigenvalue weighted by atomic mass is 9.57. The van der Waals surface area contributed by atoms with Gasteiger partial charge in [0.15, 0.2) is 0 Å². The minimum Gasteiger partial charge on any atom is -0.507 e. The number of carbonyl (C=O) groups excluding carboxylic acids is 4. The van der Waals surface area contributed by atoms with E-state index in [0.29, 0.717) is 16.5 Å². The van der Waals surface area contributed by atoms with Crippen molar-refractivity contribution in [1.82, 2.24) is 0 Å². The van der Waals surface area contributed by atoms with E-state index in [0.717, 1.165) is 15.2 Å². The highest BCUT2D eigenvalue weighted by Crippen LogP contribution is 2.59. The van der Waals surface area contributed by atoms with Crippen molar-refractivity contribution in [3.63, 3.8) is 0 Å². The van der Waals surface area contributed by atoms with E-state index < -0.39 is 71.1 Å². The van der Waals surface area contributed by atoms with Crippen molar-refractivity contribution in [2.45, 2.75) is 18.8 Å². The Balaban J connectivity index is 1.24. The molecule has 11 nitrogen and oxygen atoms in total. The van der Waals surface area contributed by atoms with Gasteiger partial charge in [-0.3, -0.25) is 29.0 Å². The molecule has 4 amide bonds. The topological polar surface area (TPSA) is 170 Å². The number of rotatable bonds is 5. The largest absolute Gasteiger partial charge is 0.507 e. The molecule has 0 radical (unpaired) electrons. The van der Waals surface area contributed by atoms with Crippen LogP contribution in [0.25, 0.3) is 10.8 Å². The molecule has 0 spiro atoms. The second kappa shape index (κ2) is 11.0. The van der Waals surface area contributed by atoms with Crippen molar-refractivity contribution in [2.24, 2.45) is 29.6 Å². The number of aromatic carboxylic acids is 2. The van der Waals surface area contributed by atoms with E-state index in [9.17, 15) is 44.1 Å². The Labute approximate surface area is 278 Å². The highest BCUT2D eigenvalue weighted by Gasteiger charge is 2.62. The molecule has 6 atom stereocenters. The summed E-state index contributed by atoms with van der Waals surface area (Å²) < 4.78 is 0. The molecule has 4 aromatic rings. The summed E-state index contributed by atoms with van der Waals surface area (Å²) >= 11 is 0. The highest BCUT2D eigenvalue weighted by molar-refractivity contribution is 6.24. The smallest absolute Gasteiger partial charge is 0.335 e. The number of carboxylic acid groups (broad SMARTS) is 2. The highest BCUT2D eigenvalue weighted by atomic mass is 16.4. The maximum absolute atomic E-state index is 14.4. The third kappa shape index (κ3) is 4.42. The van der Waals surface area contributed by atoms with Crippen LogP contribution < -0.4 is 9.80 Å². The van der Waals surface area contributed by atoms with E-state index in [1.807, 2.05) is 24.3 Å². The molecule has 2 heterocycles. The summed E-state index contributed by atoms with van der Waals surface area (Å²) in [5.41, 5.74) is 1.61. The van der Waals surface area contributed by atoms with Gasteiger partial charge in [-0.05, 0) is 72.7 Å². The summed E-state index contributed by atoms with van der Waals surface area (Å²) in [6, 6.07) is 21.8. The number of phenolic OH excluding ortho intramolecular Hbond substituents is 1. The number of hydrogen-bond acceptors (Lipinski definition) is 7. The summed E-state index contributed by atoms with van der Waals surface area (Å²) in [5, 5.41) is 31.7. The molecule has 8 rings (SSSR count). The van der Waals surface area contributed by atoms with Gasteiger partial charge in [0.2, 0.25) is 23.6 Å². The Morgan fingerprint density at radius 2 is 1.16 bits per heavy atom. The number of imide groups is 2. The van der Waals surface area contributed by atoms with E-state index in [2.05, 4.69) is 0 Å². The van der Waals surface area contributed by atoms with Crippen molar-refractivity contribution < 1.29 is 44.1 Å². The summed E-state index contributed by atoms with van der Waals surface area (Å²) in [4.78, 5) is 81.7. The van der Waals surface area contributed by atoms with Crippen molar-refractivity contribution in [1.29, 1.82) is 0 Å². The molecule has 4 aromatic carbocycles. The summed E-state index contributed by atoms with van der Waals surface area (Å²) in [7, 11) is 0. The molecule has 3 fully saturated rings. The fourth-order valence-electron chi connectivity index (χ4n) is 8.47. The lowest BCUT2D eigenvalue weighted by molar-refractivity contribution is -0.126. The van der Waals surface area contributed by atoms with Crippen LogP contribution in [0, 0.1) is 29.6 Å². The van der Waals surface area contributed by atoms with Crippen LogP contribution >= 0.6 is 0 Å². The molecule has 2 aliphatic carbocycles. The zero-order valence-electron chi connectivity index (χ0n) is 25.7. The molecule has 2 aliphatic heterocycles. The van der Waals surface area contributed by atoms with Crippen LogP contribution in [-0.2, 0) is 19.2 Å². The maximum atomic E-state index is 14.4. The lowest BCUT2D eigenvalue weighted by Crippen LogP contribution is -2.43. The molecule has 0 unspecified atom stereocenters. The Morgan fingerprint density at radius 3 is 1.76 bits per heavy atom. The lowest BCUT2D eigenvalue weighted by Gasteiger charge is -2.44. The number of aromatic hydroxyl groups is 1. The fourth-order valence-corrected chi connectivity index (χ4v) is 8.47. The number of carboxylic acids is 2. The van der Waals surface area contributed by atoms with Crippen molar-refractivity contribution in [2.75, 3.05) is 9.80 Å². The number of nitrogens with zero attached hydrogens (tertiary/aromatic N) is 2. The van der Waals surface area contributed by atoms with Gasteiger partial charge in [0.1, 0.15) is 5.75 Å². The van der Waals surface area contributed by atoms with Crippen LogP contribution in [0.5, 0.6) is 5.75 Å². The number of phenols is 1. The Hall–Kier alpha value is -6.10. The molecular weight excluding hydrogens is 628 g/mol. The molecule has 49 heavy (non-hydrogen) atoms. The number of anilines is 2. The van der Waals surface area contributed by atoms with Crippen molar-refractivity contribution >= 4 is 57.7 Å². The summed E-state index contributed by atoms with van der Waals surface area (Å²) in [5.74, 6) is -9.00. The SMILES string of the molecule is O=C(O)c1ccc(N2C(=O)[C@H]3[C@H](CC=C4[C@H]3C[C@H]3C(=O)N(c5ccc(C(=O)O)cc5)C(=O)[C@H]3[C@H]4c3ccc4ccccc4c3O)C2=O)cc1. The first kappa shape index (κ1) is 30.2. The zero-order chi connectivity index (χ0) is 34.3. The second-order valence-corrected chi connectivity index (χ2v) is 13.0. The van der Waals surface area contributed by atoms with Crippen molar-refractivity contribution in [3.05, 3.63) is 113 Å². The standard InChI is InChI=1S/C38H28N2O9/c41-32-23-4-2-1-3-18(23)9-14-25(32)29-24-15-16-26-30(35(44)39(33(26)42)21-10-5-19(6-11-21)37(46)47)27(24)17-28-31(29)36(45)40(34(28)43)22-12-7-20(8-13-22)38(48)49/h1-15,26-31,41H,16-17H2,(H,46,47)(H,48,49)/t26-,27+,28+,29+,30-,31+/m0/s1. The van der Waals surface area contributed by atoms with Crippen molar-refractivity contribution in [3.8, 4) is 5.75 Å². The Kier molecular flexibility index (Phi) is 6.78. The van der Waals surface area contributed by atoms with Gasteiger partial charge in [0.05, 0.1) is 46.2 Å². The molecule has 2 saturated heterocycles. The van der Waals surface area contributed by atoms with Gasteiger partial charge < -0.3 is 15.3 Å².